The second-order valence-electron chi connectivity index (χ2n) is 7.70. The molecule has 0 saturated heterocycles. The molecule has 2 aliphatic heterocycles. The van der Waals surface area contributed by atoms with Gasteiger partial charge in [-0.15, -0.1) is 11.8 Å². The molecule has 0 saturated carbocycles. The number of hydrogen-bond acceptors (Lipinski definition) is 5. The van der Waals surface area contributed by atoms with Crippen LogP contribution in [0.25, 0.3) is 5.70 Å². The topological polar surface area (TPSA) is 52.0 Å². The third-order valence-corrected chi connectivity index (χ3v) is 6.67. The number of halogens is 1. The van der Waals surface area contributed by atoms with Crippen LogP contribution in [-0.4, -0.2) is 21.0 Å². The lowest BCUT2D eigenvalue weighted by molar-refractivity contribution is 0.223. The predicted octanol–water partition coefficient (Wildman–Crippen LogP) is 5.70. The number of nitrogens with zero attached hydrogens (tertiary/aromatic N) is 3. The average Bonchev–Trinajstić information content (AvgIpc) is 3.31. The summed E-state index contributed by atoms with van der Waals surface area (Å²) < 4.78 is 22.2. The minimum Gasteiger partial charge on any atom is -0.480 e. The maximum atomic E-state index is 13.7. The van der Waals surface area contributed by atoms with Gasteiger partial charge in [-0.3, -0.25) is 0 Å². The summed E-state index contributed by atoms with van der Waals surface area (Å²) in [7, 11) is 0. The maximum absolute atomic E-state index is 13.7. The summed E-state index contributed by atoms with van der Waals surface area (Å²) in [5.41, 5.74) is 4.91. The number of ether oxygens (including phenoxy) is 1. The highest BCUT2D eigenvalue weighted by molar-refractivity contribution is 7.98. The first-order chi connectivity index (χ1) is 15.7. The summed E-state index contributed by atoms with van der Waals surface area (Å²) >= 11 is 1.70. The van der Waals surface area contributed by atoms with Crippen molar-refractivity contribution in [2.24, 2.45) is 0 Å². The van der Waals surface area contributed by atoms with E-state index in [1.54, 1.807) is 23.9 Å². The number of para-hydroxylation sites is 1. The van der Waals surface area contributed by atoms with Gasteiger partial charge in [0.25, 0.3) is 0 Å². The molecule has 2 aliphatic rings. The monoisotopic (exact) mass is 442 g/mol. The molecule has 0 bridgehead atoms. The smallest absolute Gasteiger partial charge is 0.226 e. The Kier molecular flexibility index (Phi) is 4.50. The number of hydrogen-bond donors (Lipinski definition) is 1. The van der Waals surface area contributed by atoms with E-state index in [2.05, 4.69) is 45.9 Å². The fourth-order valence-electron chi connectivity index (χ4n) is 4.44. The molecule has 3 heterocycles. The van der Waals surface area contributed by atoms with Crippen molar-refractivity contribution in [2.75, 3.05) is 11.6 Å². The number of fused-ring (bicyclic) bond motifs is 3. The Hall–Kier alpha value is -3.58. The Morgan fingerprint density at radius 3 is 2.50 bits per heavy atom. The van der Waals surface area contributed by atoms with Crippen LogP contribution in [-0.2, 0) is 0 Å². The zero-order chi connectivity index (χ0) is 21.7. The number of rotatable bonds is 3. The second kappa shape index (κ2) is 7.53. The van der Waals surface area contributed by atoms with E-state index in [-0.39, 0.29) is 18.0 Å². The van der Waals surface area contributed by atoms with Gasteiger partial charge in [0.2, 0.25) is 5.95 Å². The van der Waals surface area contributed by atoms with Crippen molar-refractivity contribution >= 4 is 23.4 Å². The molecule has 1 aromatic heterocycles. The van der Waals surface area contributed by atoms with E-state index in [9.17, 15) is 4.39 Å². The number of nitrogens with one attached hydrogen (secondary N) is 1. The fraction of sp³-hybridized carbons (Fsp3) is 0.120. The molecule has 3 aromatic carbocycles. The van der Waals surface area contributed by atoms with Crippen molar-refractivity contribution in [3.63, 3.8) is 0 Å². The van der Waals surface area contributed by atoms with E-state index in [4.69, 9.17) is 4.74 Å². The largest absolute Gasteiger partial charge is 0.480 e. The van der Waals surface area contributed by atoms with Crippen molar-refractivity contribution in [1.82, 2.24) is 14.8 Å². The fourth-order valence-corrected chi connectivity index (χ4v) is 4.85. The number of aromatic nitrogens is 3. The van der Waals surface area contributed by atoms with Crippen LogP contribution < -0.4 is 10.1 Å². The van der Waals surface area contributed by atoms with Crippen molar-refractivity contribution in [2.45, 2.75) is 17.0 Å². The van der Waals surface area contributed by atoms with E-state index in [0.717, 1.165) is 33.7 Å². The van der Waals surface area contributed by atoms with Gasteiger partial charge >= 0.3 is 0 Å². The van der Waals surface area contributed by atoms with E-state index < -0.39 is 0 Å². The summed E-state index contributed by atoms with van der Waals surface area (Å²) in [6.07, 6.45) is 3.26. The van der Waals surface area contributed by atoms with Gasteiger partial charge in [0.05, 0.1) is 5.70 Å². The minimum atomic E-state index is -0.337. The molecule has 0 fully saturated rings. The van der Waals surface area contributed by atoms with Gasteiger partial charge in [0.15, 0.2) is 0 Å². The van der Waals surface area contributed by atoms with Crippen LogP contribution in [0.4, 0.5) is 10.3 Å². The van der Waals surface area contributed by atoms with Crippen LogP contribution in [0.15, 0.2) is 89.6 Å². The molecule has 5 nitrogen and oxygen atoms in total. The highest BCUT2D eigenvalue weighted by atomic mass is 32.2. The van der Waals surface area contributed by atoms with Gasteiger partial charge in [-0.25, -0.2) is 9.07 Å². The van der Waals surface area contributed by atoms with Gasteiger partial charge in [-0.05, 0) is 53.8 Å². The van der Waals surface area contributed by atoms with Crippen molar-refractivity contribution < 1.29 is 9.13 Å². The van der Waals surface area contributed by atoms with Gasteiger partial charge < -0.3 is 10.1 Å². The van der Waals surface area contributed by atoms with Crippen molar-refractivity contribution in [1.29, 1.82) is 0 Å². The molecule has 0 amide bonds. The zero-order valence-corrected chi connectivity index (χ0v) is 18.0. The molecule has 158 valence electrons. The molecule has 7 heteroatoms. The summed E-state index contributed by atoms with van der Waals surface area (Å²) in [5, 5.41) is 7.98. The Balaban J connectivity index is 1.60. The molecular formula is C25H19FN4OS. The zero-order valence-electron chi connectivity index (χ0n) is 17.2. The first kappa shape index (κ1) is 19.1. The molecule has 0 unspecified atom stereocenters. The normalized spacial score (nSPS) is 18.8. The van der Waals surface area contributed by atoms with E-state index in [0.29, 0.717) is 5.95 Å². The molecule has 1 N–H and O–H groups in total. The molecular weight excluding hydrogens is 423 g/mol. The molecule has 32 heavy (non-hydrogen) atoms. The third-order valence-electron chi connectivity index (χ3n) is 5.93. The van der Waals surface area contributed by atoms with E-state index in [1.165, 1.54) is 23.4 Å². The summed E-state index contributed by atoms with van der Waals surface area (Å²) in [4.78, 5) is 5.61. The Bertz CT molecular complexity index is 1330. The van der Waals surface area contributed by atoms with Crippen LogP contribution in [0.1, 0.15) is 28.8 Å². The Morgan fingerprint density at radius 2 is 1.72 bits per heavy atom. The standard InChI is InChI=1S/C25H19FN4OS/c1-32-18-12-8-16(9-13-18)24-21-22(19-4-2-3-5-20(19)31-24)29-25-27-14-28-30(25)23(21)15-6-10-17(26)11-7-15/h2-14,23-24H,1H3,(H,27,28,29)/t23-,24+/m1/s1. The van der Waals surface area contributed by atoms with Crippen LogP contribution in [0.5, 0.6) is 5.75 Å². The number of benzene rings is 3. The average molecular weight is 443 g/mol. The van der Waals surface area contributed by atoms with Crippen LogP contribution >= 0.6 is 11.8 Å². The van der Waals surface area contributed by atoms with Crippen molar-refractivity contribution in [3.05, 3.63) is 107 Å². The second-order valence-corrected chi connectivity index (χ2v) is 8.58. The summed E-state index contributed by atoms with van der Waals surface area (Å²) in [6.45, 7) is 0. The third kappa shape index (κ3) is 3.00. The van der Waals surface area contributed by atoms with Gasteiger partial charge in [0.1, 0.15) is 30.0 Å². The van der Waals surface area contributed by atoms with Crippen LogP contribution in [0.2, 0.25) is 0 Å². The summed E-state index contributed by atoms with van der Waals surface area (Å²) in [6, 6.07) is 22.7. The number of anilines is 1. The van der Waals surface area contributed by atoms with E-state index >= 15 is 0 Å². The van der Waals surface area contributed by atoms with Gasteiger partial charge in [0, 0.05) is 16.0 Å². The van der Waals surface area contributed by atoms with Crippen LogP contribution in [0, 0.1) is 5.82 Å². The lowest BCUT2D eigenvalue weighted by Gasteiger charge is -2.39. The number of thioether (sulfide) groups is 1. The predicted molar refractivity (Wildman–Crippen MR) is 123 cm³/mol. The molecule has 6 rings (SSSR count). The van der Waals surface area contributed by atoms with Gasteiger partial charge in [-0.1, -0.05) is 36.4 Å². The minimum absolute atomic E-state index is 0.273. The van der Waals surface area contributed by atoms with E-state index in [1.807, 2.05) is 28.9 Å². The molecule has 4 aromatic rings. The molecule has 2 atom stereocenters. The maximum Gasteiger partial charge on any atom is 0.226 e. The molecule has 0 spiro atoms. The molecule has 0 radical (unpaired) electrons. The lowest BCUT2D eigenvalue weighted by Crippen LogP contribution is -2.32. The summed E-state index contributed by atoms with van der Waals surface area (Å²) in [5.74, 6) is 1.18. The molecule has 0 aliphatic carbocycles. The van der Waals surface area contributed by atoms with Crippen molar-refractivity contribution in [3.8, 4) is 5.75 Å². The van der Waals surface area contributed by atoms with Crippen LogP contribution in [0.3, 0.4) is 0 Å². The highest BCUT2D eigenvalue weighted by Crippen LogP contribution is 2.50. The Morgan fingerprint density at radius 1 is 0.969 bits per heavy atom. The van der Waals surface area contributed by atoms with Gasteiger partial charge in [-0.2, -0.15) is 10.1 Å². The first-order valence-corrected chi connectivity index (χ1v) is 11.5. The highest BCUT2D eigenvalue weighted by Gasteiger charge is 2.40. The lowest BCUT2D eigenvalue weighted by atomic mass is 9.84. The Labute approximate surface area is 189 Å². The SMILES string of the molecule is CSc1ccc([C@@H]2Oc3ccccc3C3=C2[C@@H](c2ccc(F)cc2)n2ncnc2N3)cc1. The quantitative estimate of drug-likeness (QED) is 0.413. The first-order valence-electron chi connectivity index (χ1n) is 10.3.